The lowest BCUT2D eigenvalue weighted by Gasteiger charge is -2.29. The number of methoxy groups -OCH3 is 2. The predicted octanol–water partition coefficient (Wildman–Crippen LogP) is 6.30. The monoisotopic (exact) mass is 566 g/mol. The first-order valence-corrected chi connectivity index (χ1v) is 14.7. The largest absolute Gasteiger partial charge is 0.497 e. The quantitative estimate of drug-likeness (QED) is 0.244. The molecule has 0 spiro atoms. The van der Waals surface area contributed by atoms with Gasteiger partial charge in [0.25, 0.3) is 5.91 Å². The van der Waals surface area contributed by atoms with Crippen LogP contribution in [-0.2, 0) is 4.79 Å². The summed E-state index contributed by atoms with van der Waals surface area (Å²) in [6.07, 6.45) is 0.739. The van der Waals surface area contributed by atoms with Crippen molar-refractivity contribution < 1.29 is 19.1 Å². The van der Waals surface area contributed by atoms with Gasteiger partial charge in [0.15, 0.2) is 0 Å². The van der Waals surface area contributed by atoms with Crippen LogP contribution in [0.3, 0.4) is 0 Å². The van der Waals surface area contributed by atoms with Crippen LogP contribution in [0.2, 0.25) is 0 Å². The Hall–Kier alpha value is -4.23. The number of rotatable bonds is 10. The highest BCUT2D eigenvalue weighted by molar-refractivity contribution is 7.99. The van der Waals surface area contributed by atoms with Crippen molar-refractivity contribution in [2.24, 2.45) is 0 Å². The summed E-state index contributed by atoms with van der Waals surface area (Å²) in [4.78, 5) is 29.5. The molecule has 0 saturated carbocycles. The molecular formula is C34H34N2O4S. The average molecular weight is 567 g/mol. The van der Waals surface area contributed by atoms with E-state index in [4.69, 9.17) is 9.47 Å². The van der Waals surface area contributed by atoms with Crippen molar-refractivity contribution in [1.82, 2.24) is 10.2 Å². The standard InChI is InChI=1S/C34H34N2O4S/c1-39-28-20-27(21-29(22-28)40-2)33(38)36-31(23-41-34(36)26-16-10-5-11-17-26)32(37)35-19-18-30(24-12-6-3-7-13-24)25-14-8-4-9-15-25/h3-17,20-22,30-31,34H,18-19,23H2,1-2H3,(H,35,37). The molecular weight excluding hydrogens is 532 g/mol. The first-order valence-electron chi connectivity index (χ1n) is 13.7. The maximum absolute atomic E-state index is 14.1. The lowest BCUT2D eigenvalue weighted by atomic mass is 9.88. The Labute approximate surface area is 245 Å². The molecule has 5 rings (SSSR count). The third-order valence-corrected chi connectivity index (χ3v) is 8.68. The molecule has 41 heavy (non-hydrogen) atoms. The minimum Gasteiger partial charge on any atom is -0.497 e. The van der Waals surface area contributed by atoms with Crippen molar-refractivity contribution in [3.05, 3.63) is 131 Å². The Morgan fingerprint density at radius 1 is 0.829 bits per heavy atom. The fraction of sp³-hybridized carbons (Fsp3) is 0.235. The first-order chi connectivity index (χ1) is 20.1. The topological polar surface area (TPSA) is 67.9 Å². The van der Waals surface area contributed by atoms with E-state index in [1.807, 2.05) is 66.7 Å². The second-order valence-corrected chi connectivity index (χ2v) is 11.0. The van der Waals surface area contributed by atoms with Crippen LogP contribution < -0.4 is 14.8 Å². The summed E-state index contributed by atoms with van der Waals surface area (Å²) in [5, 5.41) is 2.86. The summed E-state index contributed by atoms with van der Waals surface area (Å²) in [6.45, 7) is 0.486. The van der Waals surface area contributed by atoms with E-state index in [1.54, 1.807) is 49.1 Å². The van der Waals surface area contributed by atoms with Gasteiger partial charge in [0, 0.05) is 29.8 Å². The van der Waals surface area contributed by atoms with E-state index in [1.165, 1.54) is 11.1 Å². The SMILES string of the molecule is COc1cc(OC)cc(C(=O)N2C(C(=O)NCCC(c3ccccc3)c3ccccc3)CSC2c2ccccc2)c1. The van der Waals surface area contributed by atoms with E-state index in [9.17, 15) is 9.59 Å². The molecule has 0 aliphatic carbocycles. The van der Waals surface area contributed by atoms with Gasteiger partial charge in [-0.25, -0.2) is 0 Å². The number of nitrogens with one attached hydrogen (secondary N) is 1. The van der Waals surface area contributed by atoms with Gasteiger partial charge in [-0.1, -0.05) is 91.0 Å². The maximum atomic E-state index is 14.1. The number of hydrogen-bond acceptors (Lipinski definition) is 5. The molecule has 1 aliphatic rings. The Bertz CT molecular complexity index is 1390. The lowest BCUT2D eigenvalue weighted by molar-refractivity contribution is -0.124. The minimum absolute atomic E-state index is 0.148. The van der Waals surface area contributed by atoms with Crippen LogP contribution in [0, 0.1) is 0 Å². The van der Waals surface area contributed by atoms with Gasteiger partial charge in [0.05, 0.1) is 14.2 Å². The van der Waals surface area contributed by atoms with Crippen molar-refractivity contribution in [2.45, 2.75) is 23.8 Å². The summed E-state index contributed by atoms with van der Waals surface area (Å²) in [6, 6.07) is 35.0. The summed E-state index contributed by atoms with van der Waals surface area (Å²) >= 11 is 1.60. The van der Waals surface area contributed by atoms with Crippen molar-refractivity contribution in [3.8, 4) is 11.5 Å². The molecule has 7 heteroatoms. The number of carbonyl (C=O) groups excluding carboxylic acids is 2. The molecule has 1 fully saturated rings. The summed E-state index contributed by atoms with van der Waals surface area (Å²) in [7, 11) is 3.10. The van der Waals surface area contributed by atoms with Gasteiger partial charge in [-0.15, -0.1) is 11.8 Å². The van der Waals surface area contributed by atoms with E-state index in [2.05, 4.69) is 29.6 Å². The molecule has 2 amide bonds. The molecule has 1 N–H and O–H groups in total. The molecule has 1 aliphatic heterocycles. The van der Waals surface area contributed by atoms with Crippen LogP contribution in [0.1, 0.15) is 44.8 Å². The molecule has 1 heterocycles. The Kier molecular flexibility index (Phi) is 9.26. The van der Waals surface area contributed by atoms with E-state index in [0.29, 0.717) is 29.4 Å². The van der Waals surface area contributed by atoms with Crippen LogP contribution in [0.5, 0.6) is 11.5 Å². The van der Waals surface area contributed by atoms with E-state index in [0.717, 1.165) is 12.0 Å². The molecule has 0 aromatic heterocycles. The molecule has 4 aromatic rings. The summed E-state index contributed by atoms with van der Waals surface area (Å²) < 4.78 is 10.8. The van der Waals surface area contributed by atoms with E-state index < -0.39 is 6.04 Å². The molecule has 0 radical (unpaired) electrons. The highest BCUT2D eigenvalue weighted by atomic mass is 32.2. The minimum atomic E-state index is -0.623. The van der Waals surface area contributed by atoms with Gasteiger partial charge in [-0.3, -0.25) is 9.59 Å². The van der Waals surface area contributed by atoms with Gasteiger partial charge in [-0.2, -0.15) is 0 Å². The summed E-state index contributed by atoms with van der Waals surface area (Å²) in [5.74, 6) is 1.29. The number of carbonyl (C=O) groups is 2. The lowest BCUT2D eigenvalue weighted by Crippen LogP contribution is -2.48. The number of benzene rings is 4. The predicted molar refractivity (Wildman–Crippen MR) is 163 cm³/mol. The van der Waals surface area contributed by atoms with Crippen LogP contribution in [0.4, 0.5) is 0 Å². The van der Waals surface area contributed by atoms with Crippen LogP contribution in [-0.4, -0.2) is 49.3 Å². The highest BCUT2D eigenvalue weighted by Gasteiger charge is 2.42. The number of nitrogens with zero attached hydrogens (tertiary/aromatic N) is 1. The number of hydrogen-bond donors (Lipinski definition) is 1. The highest BCUT2D eigenvalue weighted by Crippen LogP contribution is 2.42. The normalized spacial score (nSPS) is 16.4. The second kappa shape index (κ2) is 13.4. The van der Waals surface area contributed by atoms with E-state index in [-0.39, 0.29) is 23.1 Å². The second-order valence-electron chi connectivity index (χ2n) is 9.88. The van der Waals surface area contributed by atoms with Gasteiger partial charge < -0.3 is 19.7 Å². The number of ether oxygens (including phenoxy) is 2. The smallest absolute Gasteiger partial charge is 0.256 e. The number of thioether (sulfide) groups is 1. The zero-order chi connectivity index (χ0) is 28.6. The maximum Gasteiger partial charge on any atom is 0.256 e. The third-order valence-electron chi connectivity index (χ3n) is 7.36. The van der Waals surface area contributed by atoms with Crippen LogP contribution in [0.15, 0.2) is 109 Å². The molecule has 1 saturated heterocycles. The Morgan fingerprint density at radius 2 is 1.37 bits per heavy atom. The zero-order valence-electron chi connectivity index (χ0n) is 23.2. The van der Waals surface area contributed by atoms with Crippen LogP contribution in [0.25, 0.3) is 0 Å². The molecule has 6 nitrogen and oxygen atoms in total. The fourth-order valence-electron chi connectivity index (χ4n) is 5.26. The van der Waals surface area contributed by atoms with Crippen LogP contribution >= 0.6 is 11.8 Å². The van der Waals surface area contributed by atoms with Gasteiger partial charge in [0.1, 0.15) is 22.9 Å². The Morgan fingerprint density at radius 3 is 1.90 bits per heavy atom. The first kappa shape index (κ1) is 28.3. The molecule has 4 aromatic carbocycles. The summed E-state index contributed by atoms with van der Waals surface area (Å²) in [5.41, 5.74) is 3.80. The fourth-order valence-corrected chi connectivity index (χ4v) is 6.69. The van der Waals surface area contributed by atoms with Crippen molar-refractivity contribution in [1.29, 1.82) is 0 Å². The molecule has 0 bridgehead atoms. The van der Waals surface area contributed by atoms with Crippen molar-refractivity contribution in [2.75, 3.05) is 26.5 Å². The van der Waals surface area contributed by atoms with Gasteiger partial charge in [0.2, 0.25) is 5.91 Å². The average Bonchev–Trinajstić information content (AvgIpc) is 3.49. The molecule has 210 valence electrons. The number of amides is 2. The van der Waals surface area contributed by atoms with Crippen molar-refractivity contribution in [3.63, 3.8) is 0 Å². The Balaban J connectivity index is 1.37. The van der Waals surface area contributed by atoms with E-state index >= 15 is 0 Å². The molecule has 2 unspecified atom stereocenters. The molecule has 2 atom stereocenters. The van der Waals surface area contributed by atoms with Crippen molar-refractivity contribution >= 4 is 23.6 Å². The van der Waals surface area contributed by atoms with Gasteiger partial charge >= 0.3 is 0 Å². The van der Waals surface area contributed by atoms with Gasteiger partial charge in [-0.05, 0) is 35.2 Å². The third kappa shape index (κ3) is 6.57. The zero-order valence-corrected chi connectivity index (χ0v) is 24.1.